The minimum absolute atomic E-state index is 0.209. The maximum absolute atomic E-state index is 11.4. The maximum atomic E-state index is 11.4. The Bertz CT molecular complexity index is 719. The Hall–Kier alpha value is -1.44. The zero-order valence-electron chi connectivity index (χ0n) is 11.5. The number of nitrogens with one attached hydrogen (secondary N) is 1. The van der Waals surface area contributed by atoms with Crippen molar-refractivity contribution in [2.24, 2.45) is 5.14 Å². The fraction of sp³-hybridized carbons (Fsp3) is 0.357. The van der Waals surface area contributed by atoms with Crippen molar-refractivity contribution in [1.29, 1.82) is 0 Å². The highest BCUT2D eigenvalue weighted by molar-refractivity contribution is 7.91. The molecule has 7 heteroatoms. The molecule has 0 amide bonds. The van der Waals surface area contributed by atoms with Crippen molar-refractivity contribution in [2.75, 3.05) is 5.32 Å². The number of thiophene rings is 1. The SMILES string of the molecule is NS(=O)(=O)c1sccc1CNc1ccc(C2CCC2)cn1. The van der Waals surface area contributed by atoms with Gasteiger partial charge in [0.1, 0.15) is 10.0 Å². The third-order valence-corrected chi connectivity index (χ3v) is 6.30. The summed E-state index contributed by atoms with van der Waals surface area (Å²) >= 11 is 1.14. The average Bonchev–Trinajstić information content (AvgIpc) is 2.84. The number of hydrogen-bond donors (Lipinski definition) is 2. The number of aromatic nitrogens is 1. The summed E-state index contributed by atoms with van der Waals surface area (Å²) in [5.41, 5.74) is 1.96. The highest BCUT2D eigenvalue weighted by Gasteiger charge is 2.19. The van der Waals surface area contributed by atoms with Crippen LogP contribution in [-0.4, -0.2) is 13.4 Å². The molecule has 21 heavy (non-hydrogen) atoms. The molecular weight excluding hydrogens is 306 g/mol. The number of pyridine rings is 1. The smallest absolute Gasteiger partial charge is 0.247 e. The van der Waals surface area contributed by atoms with E-state index in [9.17, 15) is 8.42 Å². The van der Waals surface area contributed by atoms with Gasteiger partial charge < -0.3 is 5.32 Å². The predicted octanol–water partition coefficient (Wildman–Crippen LogP) is 2.67. The molecule has 0 atom stereocenters. The van der Waals surface area contributed by atoms with E-state index in [2.05, 4.69) is 16.4 Å². The third-order valence-electron chi connectivity index (χ3n) is 3.79. The van der Waals surface area contributed by atoms with E-state index in [0.29, 0.717) is 18.0 Å². The lowest BCUT2D eigenvalue weighted by molar-refractivity contribution is 0.419. The molecule has 2 heterocycles. The highest BCUT2D eigenvalue weighted by Crippen LogP contribution is 2.36. The van der Waals surface area contributed by atoms with Crippen molar-refractivity contribution in [3.63, 3.8) is 0 Å². The van der Waals surface area contributed by atoms with Gasteiger partial charge in [-0.1, -0.05) is 12.5 Å². The second kappa shape index (κ2) is 5.75. The van der Waals surface area contributed by atoms with Crippen LogP contribution in [0.15, 0.2) is 34.0 Å². The molecule has 1 saturated carbocycles. The Morgan fingerprint density at radius 1 is 1.33 bits per heavy atom. The highest BCUT2D eigenvalue weighted by atomic mass is 32.2. The standard InChI is InChI=1S/C14H17N3O2S2/c15-21(18,19)14-12(6-7-20-14)9-17-13-5-4-11(8-16-13)10-2-1-3-10/h4-8,10H,1-3,9H2,(H,16,17)(H2,15,18,19). The molecule has 0 spiro atoms. The van der Waals surface area contributed by atoms with Crippen LogP contribution in [0.4, 0.5) is 5.82 Å². The molecule has 1 aliphatic carbocycles. The molecule has 0 radical (unpaired) electrons. The number of nitrogens with two attached hydrogens (primary N) is 1. The first-order valence-corrected chi connectivity index (χ1v) is 9.25. The molecule has 1 fully saturated rings. The van der Waals surface area contributed by atoms with Crippen LogP contribution in [0.2, 0.25) is 0 Å². The first-order valence-electron chi connectivity index (χ1n) is 6.83. The van der Waals surface area contributed by atoms with Crippen LogP contribution < -0.4 is 10.5 Å². The fourth-order valence-corrected chi connectivity index (χ4v) is 4.24. The summed E-state index contributed by atoms with van der Waals surface area (Å²) in [6.45, 7) is 0.394. The summed E-state index contributed by atoms with van der Waals surface area (Å²) in [6, 6.07) is 5.80. The van der Waals surface area contributed by atoms with Crippen molar-refractivity contribution >= 4 is 27.2 Å². The van der Waals surface area contributed by atoms with E-state index < -0.39 is 10.0 Å². The van der Waals surface area contributed by atoms with Gasteiger partial charge in [-0.05, 0) is 41.8 Å². The maximum Gasteiger partial charge on any atom is 0.247 e. The number of hydrogen-bond acceptors (Lipinski definition) is 5. The second-order valence-electron chi connectivity index (χ2n) is 5.24. The van der Waals surface area contributed by atoms with Crippen LogP contribution in [-0.2, 0) is 16.6 Å². The van der Waals surface area contributed by atoms with Gasteiger partial charge in [0.25, 0.3) is 0 Å². The van der Waals surface area contributed by atoms with Crippen molar-refractivity contribution in [3.05, 3.63) is 40.9 Å². The fourth-order valence-electron chi connectivity index (χ4n) is 2.38. The normalized spacial score (nSPS) is 15.7. The van der Waals surface area contributed by atoms with E-state index in [1.807, 2.05) is 12.3 Å². The molecule has 0 bridgehead atoms. The summed E-state index contributed by atoms with van der Waals surface area (Å²) in [6.07, 6.45) is 5.71. The number of rotatable bonds is 5. The number of sulfonamides is 1. The Balaban J connectivity index is 1.66. The van der Waals surface area contributed by atoms with Gasteiger partial charge in [0.05, 0.1) is 0 Å². The molecule has 1 aliphatic rings. The molecule has 5 nitrogen and oxygen atoms in total. The van der Waals surface area contributed by atoms with Crippen molar-refractivity contribution < 1.29 is 8.42 Å². The topological polar surface area (TPSA) is 85.1 Å². The summed E-state index contributed by atoms with van der Waals surface area (Å²) in [5, 5.41) is 10.0. The van der Waals surface area contributed by atoms with Crippen LogP contribution >= 0.6 is 11.3 Å². The van der Waals surface area contributed by atoms with E-state index >= 15 is 0 Å². The Morgan fingerprint density at radius 2 is 2.14 bits per heavy atom. The van der Waals surface area contributed by atoms with Gasteiger partial charge in [-0.25, -0.2) is 18.5 Å². The number of anilines is 1. The summed E-state index contributed by atoms with van der Waals surface area (Å²) in [4.78, 5) is 4.38. The Kier molecular flexibility index (Phi) is 3.97. The van der Waals surface area contributed by atoms with E-state index in [1.165, 1.54) is 24.8 Å². The van der Waals surface area contributed by atoms with E-state index in [-0.39, 0.29) is 4.21 Å². The molecule has 112 valence electrons. The van der Waals surface area contributed by atoms with Crippen LogP contribution in [0, 0.1) is 0 Å². The predicted molar refractivity (Wildman–Crippen MR) is 83.8 cm³/mol. The third kappa shape index (κ3) is 3.25. The van der Waals surface area contributed by atoms with Gasteiger partial charge >= 0.3 is 0 Å². The molecule has 0 saturated heterocycles. The monoisotopic (exact) mass is 323 g/mol. The molecule has 3 rings (SSSR count). The molecule has 3 N–H and O–H groups in total. The van der Waals surface area contributed by atoms with E-state index in [0.717, 1.165) is 17.2 Å². The molecule has 2 aromatic heterocycles. The van der Waals surface area contributed by atoms with Crippen molar-refractivity contribution in [1.82, 2.24) is 4.98 Å². The van der Waals surface area contributed by atoms with Crippen LogP contribution in [0.1, 0.15) is 36.3 Å². The minimum Gasteiger partial charge on any atom is -0.366 e. The summed E-state index contributed by atoms with van der Waals surface area (Å²) in [5.74, 6) is 1.40. The summed E-state index contributed by atoms with van der Waals surface area (Å²) < 4.78 is 23.1. The first-order chi connectivity index (χ1) is 10.0. The Morgan fingerprint density at radius 3 is 2.71 bits per heavy atom. The van der Waals surface area contributed by atoms with Crippen LogP contribution in [0.25, 0.3) is 0 Å². The molecule has 0 unspecified atom stereocenters. The van der Waals surface area contributed by atoms with Gasteiger partial charge in [0, 0.05) is 18.3 Å². The van der Waals surface area contributed by atoms with Crippen molar-refractivity contribution in [3.8, 4) is 0 Å². The Labute approximate surface area is 128 Å². The van der Waals surface area contributed by atoms with Crippen molar-refractivity contribution in [2.45, 2.75) is 35.9 Å². The lowest BCUT2D eigenvalue weighted by Crippen LogP contribution is -2.14. The van der Waals surface area contributed by atoms with Crippen LogP contribution in [0.5, 0.6) is 0 Å². The first kappa shape index (κ1) is 14.5. The van der Waals surface area contributed by atoms with Gasteiger partial charge in [0.2, 0.25) is 10.0 Å². The number of primary sulfonamides is 1. The zero-order valence-corrected chi connectivity index (χ0v) is 13.1. The van der Waals surface area contributed by atoms with Crippen LogP contribution in [0.3, 0.4) is 0 Å². The summed E-state index contributed by atoms with van der Waals surface area (Å²) in [7, 11) is -3.65. The quantitative estimate of drug-likeness (QED) is 0.886. The largest absolute Gasteiger partial charge is 0.366 e. The second-order valence-corrected chi connectivity index (χ2v) is 7.91. The van der Waals surface area contributed by atoms with Gasteiger partial charge in [0.15, 0.2) is 0 Å². The van der Waals surface area contributed by atoms with Gasteiger partial charge in [-0.2, -0.15) is 0 Å². The molecule has 2 aromatic rings. The lowest BCUT2D eigenvalue weighted by atomic mass is 9.81. The van der Waals surface area contributed by atoms with E-state index in [1.54, 1.807) is 11.4 Å². The average molecular weight is 323 g/mol. The molecule has 0 aliphatic heterocycles. The zero-order chi connectivity index (χ0) is 14.9. The number of nitrogens with zero attached hydrogens (tertiary/aromatic N) is 1. The van der Waals surface area contributed by atoms with Gasteiger partial charge in [-0.15, -0.1) is 11.3 Å². The molecule has 0 aromatic carbocycles. The van der Waals surface area contributed by atoms with Gasteiger partial charge in [-0.3, -0.25) is 0 Å². The lowest BCUT2D eigenvalue weighted by Gasteiger charge is -2.25. The molecular formula is C14H17N3O2S2. The van der Waals surface area contributed by atoms with E-state index in [4.69, 9.17) is 5.14 Å². The minimum atomic E-state index is -3.65.